The van der Waals surface area contributed by atoms with Crippen molar-refractivity contribution in [2.75, 3.05) is 13.1 Å². The smallest absolute Gasteiger partial charge is 0.252 e. The standard InChI is InChI=1S/C23H25N3O/c27-23(21-12-13-24-22-11-5-4-10-20(21)22)25-16-18-8-2-3-9-19(18)17-26-14-6-1-7-15-26/h2-5,8-13H,1,6-7,14-17H2,(H,25,27). The fourth-order valence-electron chi connectivity index (χ4n) is 3.81. The van der Waals surface area contributed by atoms with E-state index in [-0.39, 0.29) is 5.91 Å². The molecule has 0 bridgehead atoms. The first-order valence-corrected chi connectivity index (χ1v) is 9.72. The van der Waals surface area contributed by atoms with Crippen LogP contribution in [0.2, 0.25) is 0 Å². The summed E-state index contributed by atoms with van der Waals surface area (Å²) in [5.41, 5.74) is 4.01. The summed E-state index contributed by atoms with van der Waals surface area (Å²) >= 11 is 0. The second kappa shape index (κ2) is 8.31. The van der Waals surface area contributed by atoms with Crippen LogP contribution >= 0.6 is 0 Å². The lowest BCUT2D eigenvalue weighted by molar-refractivity contribution is 0.0952. The highest BCUT2D eigenvalue weighted by molar-refractivity contribution is 6.05. The molecule has 1 aromatic heterocycles. The molecule has 27 heavy (non-hydrogen) atoms. The average Bonchev–Trinajstić information content (AvgIpc) is 2.73. The highest BCUT2D eigenvalue weighted by atomic mass is 16.1. The third-order valence-electron chi connectivity index (χ3n) is 5.29. The van der Waals surface area contributed by atoms with Gasteiger partial charge >= 0.3 is 0 Å². The second-order valence-corrected chi connectivity index (χ2v) is 7.16. The van der Waals surface area contributed by atoms with E-state index < -0.39 is 0 Å². The molecule has 0 atom stereocenters. The zero-order chi connectivity index (χ0) is 18.5. The lowest BCUT2D eigenvalue weighted by Gasteiger charge is -2.27. The Bertz CT molecular complexity index is 926. The highest BCUT2D eigenvalue weighted by Gasteiger charge is 2.14. The maximum atomic E-state index is 12.8. The van der Waals surface area contributed by atoms with E-state index in [0.717, 1.165) is 17.4 Å². The Balaban J connectivity index is 1.47. The Labute approximate surface area is 160 Å². The lowest BCUT2D eigenvalue weighted by Crippen LogP contribution is -2.30. The van der Waals surface area contributed by atoms with Gasteiger partial charge in [0.25, 0.3) is 5.91 Å². The largest absolute Gasteiger partial charge is 0.348 e. The predicted octanol–water partition coefficient (Wildman–Crippen LogP) is 4.15. The molecule has 2 heterocycles. The van der Waals surface area contributed by atoms with Crippen molar-refractivity contribution in [3.8, 4) is 0 Å². The molecule has 4 rings (SSSR count). The summed E-state index contributed by atoms with van der Waals surface area (Å²) < 4.78 is 0. The zero-order valence-electron chi connectivity index (χ0n) is 15.5. The molecule has 0 unspecified atom stereocenters. The second-order valence-electron chi connectivity index (χ2n) is 7.16. The first-order chi connectivity index (χ1) is 13.3. The number of para-hydroxylation sites is 1. The Hall–Kier alpha value is -2.72. The molecule has 1 amide bonds. The zero-order valence-corrected chi connectivity index (χ0v) is 15.5. The van der Waals surface area contributed by atoms with Gasteiger partial charge in [-0.15, -0.1) is 0 Å². The van der Waals surface area contributed by atoms with Gasteiger partial charge in [0, 0.05) is 24.7 Å². The van der Waals surface area contributed by atoms with E-state index in [2.05, 4.69) is 33.4 Å². The van der Waals surface area contributed by atoms with Crippen LogP contribution in [0.5, 0.6) is 0 Å². The van der Waals surface area contributed by atoms with Crippen LogP contribution in [0, 0.1) is 0 Å². The van der Waals surface area contributed by atoms with Crippen molar-refractivity contribution < 1.29 is 4.79 Å². The summed E-state index contributed by atoms with van der Waals surface area (Å²) in [4.78, 5) is 19.6. The van der Waals surface area contributed by atoms with Gasteiger partial charge in [-0.25, -0.2) is 0 Å². The van der Waals surface area contributed by atoms with E-state index in [1.807, 2.05) is 30.3 Å². The quantitative estimate of drug-likeness (QED) is 0.744. The van der Waals surface area contributed by atoms with Crippen LogP contribution in [0.4, 0.5) is 0 Å². The van der Waals surface area contributed by atoms with E-state index >= 15 is 0 Å². The number of benzene rings is 2. The number of fused-ring (bicyclic) bond motifs is 1. The number of aromatic nitrogens is 1. The molecular weight excluding hydrogens is 334 g/mol. The molecule has 0 aliphatic carbocycles. The first kappa shape index (κ1) is 17.7. The van der Waals surface area contributed by atoms with Crippen LogP contribution < -0.4 is 5.32 Å². The number of hydrogen-bond donors (Lipinski definition) is 1. The lowest BCUT2D eigenvalue weighted by atomic mass is 10.0. The number of likely N-dealkylation sites (tertiary alicyclic amines) is 1. The Morgan fingerprint density at radius 2 is 1.67 bits per heavy atom. The molecule has 1 aliphatic heterocycles. The van der Waals surface area contributed by atoms with Crippen molar-refractivity contribution in [1.29, 1.82) is 0 Å². The minimum Gasteiger partial charge on any atom is -0.348 e. The first-order valence-electron chi connectivity index (χ1n) is 9.72. The van der Waals surface area contributed by atoms with Gasteiger partial charge in [0.05, 0.1) is 11.1 Å². The normalized spacial score (nSPS) is 15.0. The molecule has 0 saturated carbocycles. The van der Waals surface area contributed by atoms with Crippen LogP contribution in [-0.4, -0.2) is 28.9 Å². The molecule has 1 aliphatic rings. The summed E-state index contributed by atoms with van der Waals surface area (Å²) in [7, 11) is 0. The van der Waals surface area contributed by atoms with Gasteiger partial charge < -0.3 is 5.32 Å². The molecule has 138 valence electrons. The number of pyridine rings is 1. The molecule has 3 aromatic rings. The van der Waals surface area contributed by atoms with Crippen LogP contribution in [-0.2, 0) is 13.1 Å². The number of nitrogens with zero attached hydrogens (tertiary/aromatic N) is 2. The monoisotopic (exact) mass is 359 g/mol. The van der Waals surface area contributed by atoms with E-state index in [0.29, 0.717) is 12.1 Å². The summed E-state index contributed by atoms with van der Waals surface area (Å²) in [6.45, 7) is 3.84. The van der Waals surface area contributed by atoms with Gasteiger partial charge in [-0.3, -0.25) is 14.7 Å². The maximum absolute atomic E-state index is 12.8. The highest BCUT2D eigenvalue weighted by Crippen LogP contribution is 2.18. The molecule has 1 saturated heterocycles. The Kier molecular flexibility index (Phi) is 5.45. The molecule has 4 nitrogen and oxygen atoms in total. The van der Waals surface area contributed by atoms with Crippen molar-refractivity contribution in [2.24, 2.45) is 0 Å². The maximum Gasteiger partial charge on any atom is 0.252 e. The summed E-state index contributed by atoms with van der Waals surface area (Å²) in [5, 5.41) is 3.99. The van der Waals surface area contributed by atoms with Crippen molar-refractivity contribution in [3.63, 3.8) is 0 Å². The van der Waals surface area contributed by atoms with Crippen LogP contribution in [0.1, 0.15) is 40.7 Å². The van der Waals surface area contributed by atoms with Crippen molar-refractivity contribution in [3.05, 3.63) is 77.5 Å². The fourth-order valence-corrected chi connectivity index (χ4v) is 3.81. The van der Waals surface area contributed by atoms with Gasteiger partial charge in [-0.1, -0.05) is 48.9 Å². The number of carbonyl (C=O) groups excluding carboxylic acids is 1. The summed E-state index contributed by atoms with van der Waals surface area (Å²) in [5.74, 6) is -0.0543. The van der Waals surface area contributed by atoms with E-state index in [1.54, 1.807) is 12.3 Å². The molecule has 0 spiro atoms. The van der Waals surface area contributed by atoms with Crippen molar-refractivity contribution in [1.82, 2.24) is 15.2 Å². The molecular formula is C23H25N3O. The van der Waals surface area contributed by atoms with Gasteiger partial charge in [0.15, 0.2) is 0 Å². The number of carbonyl (C=O) groups is 1. The fraction of sp³-hybridized carbons (Fsp3) is 0.304. The van der Waals surface area contributed by atoms with E-state index in [1.165, 1.54) is 43.5 Å². The van der Waals surface area contributed by atoms with Gasteiger partial charge in [0.1, 0.15) is 0 Å². The topological polar surface area (TPSA) is 45.2 Å². The summed E-state index contributed by atoms with van der Waals surface area (Å²) in [6.07, 6.45) is 5.61. The van der Waals surface area contributed by atoms with Crippen LogP contribution in [0.25, 0.3) is 10.9 Å². The number of piperidine rings is 1. The molecule has 2 aromatic carbocycles. The SMILES string of the molecule is O=C(NCc1ccccc1CN1CCCCC1)c1ccnc2ccccc12. The van der Waals surface area contributed by atoms with Crippen LogP contribution in [0.15, 0.2) is 60.8 Å². The van der Waals surface area contributed by atoms with Gasteiger partial charge in [-0.05, 0) is 49.2 Å². The molecule has 1 fully saturated rings. The number of amides is 1. The third kappa shape index (κ3) is 4.17. The minimum atomic E-state index is -0.0543. The molecule has 4 heteroatoms. The average molecular weight is 359 g/mol. The van der Waals surface area contributed by atoms with E-state index in [9.17, 15) is 4.79 Å². The van der Waals surface area contributed by atoms with Gasteiger partial charge in [0.2, 0.25) is 0 Å². The Morgan fingerprint density at radius 3 is 2.52 bits per heavy atom. The third-order valence-corrected chi connectivity index (χ3v) is 5.29. The summed E-state index contributed by atoms with van der Waals surface area (Å²) in [6, 6.07) is 18.0. The van der Waals surface area contributed by atoms with Gasteiger partial charge in [-0.2, -0.15) is 0 Å². The molecule has 0 radical (unpaired) electrons. The van der Waals surface area contributed by atoms with Crippen molar-refractivity contribution in [2.45, 2.75) is 32.4 Å². The Morgan fingerprint density at radius 1 is 0.926 bits per heavy atom. The van der Waals surface area contributed by atoms with Crippen molar-refractivity contribution >= 4 is 16.8 Å². The van der Waals surface area contributed by atoms with E-state index in [4.69, 9.17) is 0 Å². The number of nitrogens with one attached hydrogen (secondary N) is 1. The molecule has 1 N–H and O–H groups in total. The van der Waals surface area contributed by atoms with Crippen LogP contribution in [0.3, 0.4) is 0 Å². The predicted molar refractivity (Wildman–Crippen MR) is 108 cm³/mol. The minimum absolute atomic E-state index is 0.0543. The number of rotatable bonds is 5. The number of hydrogen-bond acceptors (Lipinski definition) is 3.